The number of halogens is 2. The topological polar surface area (TPSA) is 62.1 Å². The molecule has 0 fully saturated rings. The highest BCUT2D eigenvalue weighted by Crippen LogP contribution is 2.26. The quantitative estimate of drug-likeness (QED) is 0.897. The van der Waals surface area contributed by atoms with Gasteiger partial charge in [0.1, 0.15) is 17.6 Å². The van der Waals surface area contributed by atoms with Crippen molar-refractivity contribution in [2.75, 3.05) is 5.32 Å². The van der Waals surface area contributed by atoms with Crippen molar-refractivity contribution in [1.82, 2.24) is 0 Å². The largest absolute Gasteiger partial charge is 0.480 e. The van der Waals surface area contributed by atoms with E-state index in [0.717, 1.165) is 0 Å². The van der Waals surface area contributed by atoms with Crippen molar-refractivity contribution >= 4 is 27.5 Å². The number of rotatable bonds is 4. The first-order valence-corrected chi connectivity index (χ1v) is 7.22. The first-order chi connectivity index (χ1) is 10.5. The fraction of sp³-hybridized carbons (Fsp3) is 0.125. The second kappa shape index (κ2) is 7.05. The molecule has 0 unspecified atom stereocenters. The van der Waals surface area contributed by atoms with Crippen molar-refractivity contribution in [2.24, 2.45) is 0 Å². The maximum absolute atomic E-state index is 13.0. The Bertz CT molecular complexity index is 743. The van der Waals surface area contributed by atoms with E-state index in [2.05, 4.69) is 21.2 Å². The van der Waals surface area contributed by atoms with Crippen LogP contribution in [0, 0.1) is 17.1 Å². The molecule has 4 nitrogen and oxygen atoms in total. The minimum atomic E-state index is -0.812. The van der Waals surface area contributed by atoms with E-state index in [0.29, 0.717) is 21.5 Å². The molecule has 0 heterocycles. The zero-order valence-electron chi connectivity index (χ0n) is 11.6. The lowest BCUT2D eigenvalue weighted by molar-refractivity contribution is -0.122. The Morgan fingerprint density at radius 2 is 2.09 bits per heavy atom. The number of nitrogens with zero attached hydrogens (tertiary/aromatic N) is 1. The first-order valence-electron chi connectivity index (χ1n) is 6.43. The van der Waals surface area contributed by atoms with E-state index in [4.69, 9.17) is 10.00 Å². The normalized spacial score (nSPS) is 11.4. The molecular weight excluding hydrogens is 351 g/mol. The van der Waals surface area contributed by atoms with Gasteiger partial charge in [0.25, 0.3) is 5.91 Å². The maximum Gasteiger partial charge on any atom is 0.265 e. The number of para-hydroxylation sites is 1. The van der Waals surface area contributed by atoms with Crippen LogP contribution in [0.4, 0.5) is 10.1 Å². The molecule has 22 heavy (non-hydrogen) atoms. The summed E-state index contributed by atoms with van der Waals surface area (Å²) in [6.07, 6.45) is -0.812. The van der Waals surface area contributed by atoms with Gasteiger partial charge < -0.3 is 10.1 Å². The van der Waals surface area contributed by atoms with Crippen molar-refractivity contribution in [3.63, 3.8) is 0 Å². The zero-order chi connectivity index (χ0) is 16.1. The van der Waals surface area contributed by atoms with Crippen LogP contribution in [0.3, 0.4) is 0 Å². The van der Waals surface area contributed by atoms with Crippen LogP contribution >= 0.6 is 15.9 Å². The third-order valence-electron chi connectivity index (χ3n) is 2.87. The molecule has 0 spiro atoms. The molecule has 0 radical (unpaired) electrons. The third kappa shape index (κ3) is 3.83. The summed E-state index contributed by atoms with van der Waals surface area (Å²) in [6.45, 7) is 1.57. The van der Waals surface area contributed by atoms with Crippen molar-refractivity contribution in [3.05, 3.63) is 58.3 Å². The van der Waals surface area contributed by atoms with Gasteiger partial charge in [0.2, 0.25) is 0 Å². The second-order valence-electron chi connectivity index (χ2n) is 4.48. The monoisotopic (exact) mass is 362 g/mol. The van der Waals surface area contributed by atoms with Crippen LogP contribution in [-0.4, -0.2) is 12.0 Å². The summed E-state index contributed by atoms with van der Waals surface area (Å²) < 4.78 is 18.9. The molecule has 0 saturated heterocycles. The van der Waals surface area contributed by atoms with Crippen LogP contribution in [0.2, 0.25) is 0 Å². The average Bonchev–Trinajstić information content (AvgIpc) is 2.50. The number of nitrogens with one attached hydrogen (secondary N) is 1. The first kappa shape index (κ1) is 16.0. The molecule has 0 bridgehead atoms. The summed E-state index contributed by atoms with van der Waals surface area (Å²) in [5.41, 5.74) is 0.787. The molecule has 2 rings (SSSR count). The highest BCUT2D eigenvalue weighted by atomic mass is 79.9. The smallest absolute Gasteiger partial charge is 0.265 e. The number of hydrogen-bond donors (Lipinski definition) is 1. The van der Waals surface area contributed by atoms with Crippen LogP contribution < -0.4 is 10.1 Å². The Morgan fingerprint density at radius 1 is 1.36 bits per heavy atom. The summed E-state index contributed by atoms with van der Waals surface area (Å²) in [4.78, 5) is 12.1. The van der Waals surface area contributed by atoms with Gasteiger partial charge in [-0.1, -0.05) is 12.1 Å². The van der Waals surface area contributed by atoms with Crippen LogP contribution in [-0.2, 0) is 4.79 Å². The highest BCUT2D eigenvalue weighted by Gasteiger charge is 2.17. The zero-order valence-corrected chi connectivity index (χ0v) is 13.2. The Labute approximate surface area is 135 Å². The summed E-state index contributed by atoms with van der Waals surface area (Å²) >= 11 is 3.17. The van der Waals surface area contributed by atoms with Crippen LogP contribution in [0.15, 0.2) is 46.9 Å². The van der Waals surface area contributed by atoms with Gasteiger partial charge in [-0.15, -0.1) is 0 Å². The lowest BCUT2D eigenvalue weighted by atomic mass is 10.2. The molecule has 0 aliphatic rings. The standard InChI is InChI=1S/C16H12BrFN2O2/c1-10(22-15-7-6-12(18)8-13(15)17)16(21)20-14-5-3-2-4-11(14)9-19/h2-8,10H,1H3,(H,20,21)/t10-/m0/s1. The van der Waals surface area contributed by atoms with E-state index < -0.39 is 17.8 Å². The van der Waals surface area contributed by atoms with Crippen molar-refractivity contribution in [1.29, 1.82) is 5.26 Å². The van der Waals surface area contributed by atoms with E-state index in [-0.39, 0.29) is 0 Å². The van der Waals surface area contributed by atoms with Crippen molar-refractivity contribution in [3.8, 4) is 11.8 Å². The Hall–Kier alpha value is -2.39. The number of amides is 1. The molecule has 0 saturated carbocycles. The minimum absolute atomic E-state index is 0.359. The van der Waals surface area contributed by atoms with Crippen LogP contribution in [0.1, 0.15) is 12.5 Å². The molecule has 1 atom stereocenters. The highest BCUT2D eigenvalue weighted by molar-refractivity contribution is 9.10. The summed E-state index contributed by atoms with van der Waals surface area (Å²) in [5, 5.41) is 11.6. The van der Waals surface area contributed by atoms with Gasteiger partial charge in [-0.05, 0) is 53.2 Å². The van der Waals surface area contributed by atoms with E-state index >= 15 is 0 Å². The molecule has 1 amide bonds. The van der Waals surface area contributed by atoms with E-state index in [1.54, 1.807) is 31.2 Å². The summed E-state index contributed by atoms with van der Waals surface area (Å²) in [7, 11) is 0. The Morgan fingerprint density at radius 3 is 2.77 bits per heavy atom. The minimum Gasteiger partial charge on any atom is -0.480 e. The molecule has 2 aromatic carbocycles. The maximum atomic E-state index is 13.0. The van der Waals surface area contributed by atoms with Gasteiger partial charge in [-0.3, -0.25) is 4.79 Å². The lowest BCUT2D eigenvalue weighted by Crippen LogP contribution is -2.30. The van der Waals surface area contributed by atoms with Crippen molar-refractivity contribution < 1.29 is 13.9 Å². The molecule has 6 heteroatoms. The number of hydrogen-bond acceptors (Lipinski definition) is 3. The van der Waals surface area contributed by atoms with Gasteiger partial charge in [-0.2, -0.15) is 5.26 Å². The number of anilines is 1. The van der Waals surface area contributed by atoms with Gasteiger partial charge in [0, 0.05) is 0 Å². The summed E-state index contributed by atoms with van der Waals surface area (Å²) in [6, 6.07) is 12.6. The molecule has 2 aromatic rings. The van der Waals surface area contributed by atoms with E-state index in [1.165, 1.54) is 18.2 Å². The fourth-order valence-electron chi connectivity index (χ4n) is 1.74. The number of ether oxygens (including phenoxy) is 1. The van der Waals surface area contributed by atoms with Gasteiger partial charge >= 0.3 is 0 Å². The van der Waals surface area contributed by atoms with Gasteiger partial charge in [0.15, 0.2) is 6.10 Å². The second-order valence-corrected chi connectivity index (χ2v) is 5.34. The molecule has 0 aliphatic carbocycles. The predicted octanol–water partition coefficient (Wildman–Crippen LogP) is 3.87. The third-order valence-corrected chi connectivity index (χ3v) is 3.49. The van der Waals surface area contributed by atoms with Crippen molar-refractivity contribution in [2.45, 2.75) is 13.0 Å². The molecular formula is C16H12BrFN2O2. The Kier molecular flexibility index (Phi) is 5.12. The van der Waals surface area contributed by atoms with E-state index in [1.807, 2.05) is 6.07 Å². The van der Waals surface area contributed by atoms with Gasteiger partial charge in [-0.25, -0.2) is 4.39 Å². The Balaban J connectivity index is 2.08. The summed E-state index contributed by atoms with van der Waals surface area (Å²) in [5.74, 6) is -0.448. The fourth-order valence-corrected chi connectivity index (χ4v) is 2.18. The number of benzene rings is 2. The van der Waals surface area contributed by atoms with Crippen LogP contribution in [0.25, 0.3) is 0 Å². The SMILES string of the molecule is C[C@H](Oc1ccc(F)cc1Br)C(=O)Nc1ccccc1C#N. The molecule has 0 aliphatic heterocycles. The lowest BCUT2D eigenvalue weighted by Gasteiger charge is -2.16. The predicted molar refractivity (Wildman–Crippen MR) is 84.0 cm³/mol. The van der Waals surface area contributed by atoms with Crippen LogP contribution in [0.5, 0.6) is 5.75 Å². The molecule has 1 N–H and O–H groups in total. The number of carbonyl (C=O) groups excluding carboxylic acids is 1. The molecule has 112 valence electrons. The van der Waals surface area contributed by atoms with Gasteiger partial charge in [0.05, 0.1) is 15.7 Å². The molecule has 0 aromatic heterocycles. The number of nitriles is 1. The van der Waals surface area contributed by atoms with E-state index in [9.17, 15) is 9.18 Å². The average molecular weight is 363 g/mol. The number of carbonyl (C=O) groups is 1.